The molecule has 0 atom stereocenters. The molecule has 0 aromatic heterocycles. The molecule has 0 unspecified atom stereocenters. The molecule has 0 aliphatic heterocycles. The quantitative estimate of drug-likeness (QED) is 0.548. The van der Waals surface area contributed by atoms with Gasteiger partial charge in [0.15, 0.2) is 17.5 Å². The zero-order chi connectivity index (χ0) is 9.14. The Morgan fingerprint density at radius 1 is 1.17 bits per heavy atom. The summed E-state index contributed by atoms with van der Waals surface area (Å²) < 4.78 is 37.2. The van der Waals surface area contributed by atoms with Crippen molar-refractivity contribution in [3.05, 3.63) is 35.1 Å². The molecule has 2 N–H and O–H groups in total. The molecule has 0 fully saturated rings. The van der Waals surface area contributed by atoms with Gasteiger partial charge < -0.3 is 0 Å². The normalized spacial score (nSPS) is 10.3. The zero-order valence-corrected chi connectivity index (χ0v) is 5.98. The minimum atomic E-state index is -1.49. The molecule has 0 bridgehead atoms. The second kappa shape index (κ2) is 3.55. The van der Waals surface area contributed by atoms with E-state index in [0.29, 0.717) is 0 Å². The van der Waals surface area contributed by atoms with Crippen LogP contribution in [0.3, 0.4) is 0 Å². The third kappa shape index (κ3) is 1.75. The molecule has 0 heterocycles. The molecule has 0 aliphatic carbocycles. The summed E-state index contributed by atoms with van der Waals surface area (Å²) in [6.07, 6.45) is 0. The topological polar surface area (TPSA) is 35.2 Å². The van der Waals surface area contributed by atoms with Crippen molar-refractivity contribution in [2.24, 2.45) is 5.90 Å². The molecular formula is C7H6F3NO. The summed E-state index contributed by atoms with van der Waals surface area (Å²) in [7, 11) is 0. The molecule has 66 valence electrons. The lowest BCUT2D eigenvalue weighted by Crippen LogP contribution is -2.01. The van der Waals surface area contributed by atoms with Gasteiger partial charge in [0.1, 0.15) is 0 Å². The van der Waals surface area contributed by atoms with Gasteiger partial charge in [-0.15, -0.1) is 0 Å². The van der Waals surface area contributed by atoms with Crippen molar-refractivity contribution in [3.63, 3.8) is 0 Å². The van der Waals surface area contributed by atoms with Crippen molar-refractivity contribution in [1.29, 1.82) is 0 Å². The fraction of sp³-hybridized carbons (Fsp3) is 0.143. The molecule has 0 spiro atoms. The van der Waals surface area contributed by atoms with E-state index < -0.39 is 17.5 Å². The van der Waals surface area contributed by atoms with Crippen LogP contribution in [-0.2, 0) is 11.4 Å². The SMILES string of the molecule is NOCc1cc(F)c(F)c(F)c1. The predicted octanol–water partition coefficient (Wildman–Crippen LogP) is 1.49. The van der Waals surface area contributed by atoms with Crippen molar-refractivity contribution in [2.75, 3.05) is 0 Å². The number of hydrogen-bond acceptors (Lipinski definition) is 2. The van der Waals surface area contributed by atoms with E-state index >= 15 is 0 Å². The maximum Gasteiger partial charge on any atom is 0.194 e. The van der Waals surface area contributed by atoms with Crippen molar-refractivity contribution < 1.29 is 18.0 Å². The Labute approximate surface area is 66.7 Å². The molecule has 1 aromatic carbocycles. The summed E-state index contributed by atoms with van der Waals surface area (Å²) in [5.41, 5.74) is 0.147. The fourth-order valence-electron chi connectivity index (χ4n) is 0.788. The summed E-state index contributed by atoms with van der Waals surface area (Å²) in [4.78, 5) is 4.12. The van der Waals surface area contributed by atoms with Gasteiger partial charge in [-0.2, -0.15) is 0 Å². The molecule has 1 rings (SSSR count). The number of rotatable bonds is 2. The van der Waals surface area contributed by atoms with Crippen molar-refractivity contribution in [3.8, 4) is 0 Å². The van der Waals surface area contributed by atoms with Gasteiger partial charge in [0.25, 0.3) is 0 Å². The van der Waals surface area contributed by atoms with Gasteiger partial charge in [-0.1, -0.05) is 0 Å². The number of nitrogens with two attached hydrogens (primary N) is 1. The summed E-state index contributed by atoms with van der Waals surface area (Å²) in [6.45, 7) is -0.159. The van der Waals surface area contributed by atoms with E-state index in [-0.39, 0.29) is 12.2 Å². The summed E-state index contributed by atoms with van der Waals surface area (Å²) in [5.74, 6) is 0.674. The Kier molecular flexibility index (Phi) is 2.67. The van der Waals surface area contributed by atoms with Crippen LogP contribution >= 0.6 is 0 Å². The standard InChI is InChI=1S/C7H6F3NO/c8-5-1-4(3-12-11)2-6(9)7(5)10/h1-2H,3,11H2. The van der Waals surface area contributed by atoms with Gasteiger partial charge in [-0.3, -0.25) is 4.84 Å². The predicted molar refractivity (Wildman–Crippen MR) is 35.3 cm³/mol. The van der Waals surface area contributed by atoms with E-state index in [4.69, 9.17) is 0 Å². The van der Waals surface area contributed by atoms with Crippen LogP contribution in [0.1, 0.15) is 5.56 Å². The van der Waals surface area contributed by atoms with Crippen LogP contribution in [0.2, 0.25) is 0 Å². The first-order chi connectivity index (χ1) is 5.65. The van der Waals surface area contributed by atoms with Gasteiger partial charge in [-0.05, 0) is 17.7 Å². The fourth-order valence-corrected chi connectivity index (χ4v) is 0.788. The average Bonchev–Trinajstić information content (AvgIpc) is 2.01. The van der Waals surface area contributed by atoms with Gasteiger partial charge in [0.2, 0.25) is 0 Å². The molecule has 12 heavy (non-hydrogen) atoms. The molecule has 0 radical (unpaired) electrons. The highest BCUT2D eigenvalue weighted by Gasteiger charge is 2.09. The molecular weight excluding hydrogens is 171 g/mol. The van der Waals surface area contributed by atoms with Crippen molar-refractivity contribution >= 4 is 0 Å². The van der Waals surface area contributed by atoms with Crippen molar-refractivity contribution in [1.82, 2.24) is 0 Å². The van der Waals surface area contributed by atoms with Crippen LogP contribution < -0.4 is 5.90 Å². The minimum absolute atomic E-state index is 0.147. The van der Waals surface area contributed by atoms with Crippen LogP contribution in [0.15, 0.2) is 12.1 Å². The highest BCUT2D eigenvalue weighted by atomic mass is 19.2. The van der Waals surface area contributed by atoms with Crippen LogP contribution in [0.4, 0.5) is 13.2 Å². The van der Waals surface area contributed by atoms with E-state index in [9.17, 15) is 13.2 Å². The van der Waals surface area contributed by atoms with E-state index in [1.54, 1.807) is 0 Å². The molecule has 0 saturated heterocycles. The second-order valence-electron chi connectivity index (χ2n) is 2.18. The van der Waals surface area contributed by atoms with E-state index in [0.717, 1.165) is 12.1 Å². The third-order valence-electron chi connectivity index (χ3n) is 1.29. The summed E-state index contributed by atoms with van der Waals surface area (Å²) >= 11 is 0. The van der Waals surface area contributed by atoms with Crippen LogP contribution in [-0.4, -0.2) is 0 Å². The van der Waals surface area contributed by atoms with Crippen LogP contribution in [0, 0.1) is 17.5 Å². The summed E-state index contributed by atoms with van der Waals surface area (Å²) in [6, 6.07) is 1.65. The zero-order valence-electron chi connectivity index (χ0n) is 5.98. The highest BCUT2D eigenvalue weighted by Crippen LogP contribution is 2.13. The lowest BCUT2D eigenvalue weighted by atomic mass is 10.2. The van der Waals surface area contributed by atoms with Crippen LogP contribution in [0.5, 0.6) is 0 Å². The van der Waals surface area contributed by atoms with Gasteiger partial charge in [0.05, 0.1) is 6.61 Å². The molecule has 5 heteroatoms. The second-order valence-corrected chi connectivity index (χ2v) is 2.18. The molecule has 1 aromatic rings. The van der Waals surface area contributed by atoms with E-state index in [1.165, 1.54) is 0 Å². The van der Waals surface area contributed by atoms with Gasteiger partial charge >= 0.3 is 0 Å². The average molecular weight is 177 g/mol. The maximum atomic E-state index is 12.5. The monoisotopic (exact) mass is 177 g/mol. The van der Waals surface area contributed by atoms with E-state index in [1.807, 2.05) is 0 Å². The molecule has 0 amide bonds. The number of benzene rings is 1. The molecule has 2 nitrogen and oxygen atoms in total. The Balaban J connectivity index is 3.04. The van der Waals surface area contributed by atoms with Crippen molar-refractivity contribution in [2.45, 2.75) is 6.61 Å². The molecule has 0 aliphatic rings. The molecule has 0 saturated carbocycles. The highest BCUT2D eigenvalue weighted by molar-refractivity contribution is 5.18. The number of hydrogen-bond donors (Lipinski definition) is 1. The Morgan fingerprint density at radius 3 is 2.08 bits per heavy atom. The lowest BCUT2D eigenvalue weighted by Gasteiger charge is -2.00. The number of halogens is 3. The first kappa shape index (κ1) is 9.02. The summed E-state index contributed by atoms with van der Waals surface area (Å²) in [5, 5.41) is 0. The maximum absolute atomic E-state index is 12.5. The third-order valence-corrected chi connectivity index (χ3v) is 1.29. The largest absolute Gasteiger partial charge is 0.300 e. The Morgan fingerprint density at radius 2 is 1.67 bits per heavy atom. The first-order valence-electron chi connectivity index (χ1n) is 3.10. The Hall–Kier alpha value is -1.07. The van der Waals surface area contributed by atoms with E-state index in [2.05, 4.69) is 10.7 Å². The first-order valence-corrected chi connectivity index (χ1v) is 3.10. The minimum Gasteiger partial charge on any atom is -0.300 e. The van der Waals surface area contributed by atoms with Crippen LogP contribution in [0.25, 0.3) is 0 Å². The lowest BCUT2D eigenvalue weighted by molar-refractivity contribution is 0.123. The van der Waals surface area contributed by atoms with Gasteiger partial charge in [0, 0.05) is 0 Å². The Bertz CT molecular complexity index is 267. The van der Waals surface area contributed by atoms with Gasteiger partial charge in [-0.25, -0.2) is 19.1 Å². The smallest absolute Gasteiger partial charge is 0.194 e.